The number of benzene rings is 1. The van der Waals surface area contributed by atoms with Crippen molar-refractivity contribution >= 4 is 12.7 Å². The summed E-state index contributed by atoms with van der Waals surface area (Å²) in [6.07, 6.45) is 0.680. The molecule has 0 amide bonds. The summed E-state index contributed by atoms with van der Waals surface area (Å²) in [7, 11) is -3.29. The maximum absolute atomic E-state index is 12.1. The summed E-state index contributed by atoms with van der Waals surface area (Å²) >= 11 is 0. The van der Waals surface area contributed by atoms with Gasteiger partial charge in [-0.15, -0.1) is 0 Å². The minimum Gasteiger partial charge on any atom is -0.341 e. The van der Waals surface area contributed by atoms with Gasteiger partial charge in [-0.05, 0) is 12.0 Å². The molecule has 0 aliphatic heterocycles. The van der Waals surface area contributed by atoms with Crippen LogP contribution in [0.25, 0.3) is 5.31 Å². The molecule has 0 radical (unpaired) electrons. The summed E-state index contributed by atoms with van der Waals surface area (Å²) in [5.41, 5.74) is 0.522. The Hall–Kier alpha value is -0.850. The van der Waals surface area contributed by atoms with E-state index in [4.69, 9.17) is 0 Å². The Labute approximate surface area is 91.1 Å². The first-order chi connectivity index (χ1) is 7.00. The smallest absolute Gasteiger partial charge is 0.232 e. The third kappa shape index (κ3) is 2.58. The summed E-state index contributed by atoms with van der Waals surface area (Å²) in [6, 6.07) is 9.19. The summed E-state index contributed by atoms with van der Waals surface area (Å²) < 4.78 is 12.1. The van der Waals surface area contributed by atoms with Crippen LogP contribution in [0, 0.1) is 0 Å². The fourth-order valence-electron chi connectivity index (χ4n) is 1.33. The van der Waals surface area contributed by atoms with E-state index in [9.17, 15) is 9.46 Å². The molecule has 3 heteroatoms. The van der Waals surface area contributed by atoms with E-state index >= 15 is 0 Å². The normalized spacial score (nSPS) is 16.7. The van der Waals surface area contributed by atoms with Crippen molar-refractivity contribution in [3.63, 3.8) is 0 Å². The van der Waals surface area contributed by atoms with E-state index in [1.165, 1.54) is 0 Å². The number of rotatable bonds is 4. The van der Waals surface area contributed by atoms with Gasteiger partial charge in [0.1, 0.15) is 0 Å². The zero-order valence-electron chi connectivity index (χ0n) is 9.18. The monoisotopic (exact) mass is 224 g/mol. The standard InChI is InChI=1S/C12H17O2P/c1-4-10(2)15(13,14)11(3)12-8-6-5-7-9-12/h5-10H,3-4H2,1-2H3,(H,13,14). The Kier molecular flexibility index (Phi) is 3.90. The van der Waals surface area contributed by atoms with Gasteiger partial charge in [0, 0.05) is 11.0 Å². The van der Waals surface area contributed by atoms with E-state index in [1.807, 2.05) is 37.3 Å². The van der Waals surface area contributed by atoms with Crippen LogP contribution in [0.3, 0.4) is 0 Å². The van der Waals surface area contributed by atoms with E-state index in [0.717, 1.165) is 5.56 Å². The topological polar surface area (TPSA) is 37.3 Å². The first kappa shape index (κ1) is 12.2. The Morgan fingerprint density at radius 3 is 2.47 bits per heavy atom. The van der Waals surface area contributed by atoms with Gasteiger partial charge in [-0.2, -0.15) is 0 Å². The van der Waals surface area contributed by atoms with E-state index in [1.54, 1.807) is 6.92 Å². The summed E-state index contributed by atoms with van der Waals surface area (Å²) in [5.74, 6) is 0. The highest BCUT2D eigenvalue weighted by Gasteiger charge is 2.29. The first-order valence-electron chi connectivity index (χ1n) is 5.07. The second-order valence-corrected chi connectivity index (χ2v) is 6.36. The lowest BCUT2D eigenvalue weighted by Gasteiger charge is -2.20. The molecule has 0 saturated heterocycles. The molecule has 1 N–H and O–H groups in total. The average Bonchev–Trinajstić information content (AvgIpc) is 2.28. The van der Waals surface area contributed by atoms with Crippen molar-refractivity contribution in [3.8, 4) is 0 Å². The van der Waals surface area contributed by atoms with Crippen molar-refractivity contribution in [2.24, 2.45) is 0 Å². The Bertz CT molecular complexity index is 384. The van der Waals surface area contributed by atoms with Crippen molar-refractivity contribution in [2.75, 3.05) is 0 Å². The van der Waals surface area contributed by atoms with Crippen LogP contribution in [0.15, 0.2) is 36.9 Å². The molecule has 1 aromatic rings. The molecule has 0 saturated carbocycles. The van der Waals surface area contributed by atoms with E-state index in [-0.39, 0.29) is 5.66 Å². The molecule has 82 valence electrons. The molecular weight excluding hydrogens is 207 g/mol. The van der Waals surface area contributed by atoms with Crippen LogP contribution in [0.4, 0.5) is 0 Å². The van der Waals surface area contributed by atoms with Crippen LogP contribution in [-0.2, 0) is 4.57 Å². The predicted molar refractivity (Wildman–Crippen MR) is 65.1 cm³/mol. The molecule has 0 fully saturated rings. The van der Waals surface area contributed by atoms with Crippen molar-refractivity contribution in [3.05, 3.63) is 42.5 Å². The van der Waals surface area contributed by atoms with Gasteiger partial charge in [0.25, 0.3) is 0 Å². The third-order valence-electron chi connectivity index (χ3n) is 2.68. The minimum absolute atomic E-state index is 0.231. The maximum Gasteiger partial charge on any atom is 0.232 e. The minimum atomic E-state index is -3.29. The zero-order valence-corrected chi connectivity index (χ0v) is 10.1. The molecule has 0 aromatic heterocycles. The lowest BCUT2D eigenvalue weighted by Crippen LogP contribution is -2.02. The van der Waals surface area contributed by atoms with Gasteiger partial charge in [-0.1, -0.05) is 50.8 Å². The molecule has 1 aromatic carbocycles. The fraction of sp³-hybridized carbons (Fsp3) is 0.333. The van der Waals surface area contributed by atoms with Gasteiger partial charge < -0.3 is 4.89 Å². The van der Waals surface area contributed by atoms with Crippen LogP contribution in [0.1, 0.15) is 25.8 Å². The zero-order chi connectivity index (χ0) is 11.5. The Morgan fingerprint density at radius 1 is 1.47 bits per heavy atom. The van der Waals surface area contributed by atoms with Gasteiger partial charge >= 0.3 is 0 Å². The molecule has 0 heterocycles. The van der Waals surface area contributed by atoms with Crippen molar-refractivity contribution in [2.45, 2.75) is 25.9 Å². The molecule has 0 aliphatic rings. The lowest BCUT2D eigenvalue weighted by molar-refractivity contribution is 0.477. The molecule has 2 atom stereocenters. The second kappa shape index (κ2) is 4.78. The van der Waals surface area contributed by atoms with Crippen LogP contribution >= 0.6 is 7.37 Å². The van der Waals surface area contributed by atoms with Crippen molar-refractivity contribution in [1.82, 2.24) is 0 Å². The van der Waals surface area contributed by atoms with E-state index in [0.29, 0.717) is 11.7 Å². The van der Waals surface area contributed by atoms with Crippen LogP contribution in [0.2, 0.25) is 0 Å². The Balaban J connectivity index is 3.00. The van der Waals surface area contributed by atoms with E-state index in [2.05, 4.69) is 6.58 Å². The molecular formula is C12H17O2P. The van der Waals surface area contributed by atoms with Crippen molar-refractivity contribution < 1.29 is 9.46 Å². The molecule has 1 rings (SSSR count). The Morgan fingerprint density at radius 2 is 2.00 bits per heavy atom. The average molecular weight is 224 g/mol. The van der Waals surface area contributed by atoms with Gasteiger partial charge in [0.2, 0.25) is 7.37 Å². The van der Waals surface area contributed by atoms with Crippen molar-refractivity contribution in [1.29, 1.82) is 0 Å². The van der Waals surface area contributed by atoms with Gasteiger partial charge in [-0.25, -0.2) is 0 Å². The predicted octanol–water partition coefficient (Wildman–Crippen LogP) is 3.73. The summed E-state index contributed by atoms with van der Waals surface area (Å²) in [6.45, 7) is 7.45. The van der Waals surface area contributed by atoms with E-state index < -0.39 is 7.37 Å². The van der Waals surface area contributed by atoms with Crippen LogP contribution in [0.5, 0.6) is 0 Å². The second-order valence-electron chi connectivity index (χ2n) is 3.69. The third-order valence-corrected chi connectivity index (χ3v) is 5.27. The largest absolute Gasteiger partial charge is 0.341 e. The fourth-order valence-corrected chi connectivity index (χ4v) is 2.88. The van der Waals surface area contributed by atoms with Crippen LogP contribution in [-0.4, -0.2) is 10.6 Å². The molecule has 2 unspecified atom stereocenters. The molecule has 0 bridgehead atoms. The maximum atomic E-state index is 12.1. The van der Waals surface area contributed by atoms with Crippen LogP contribution < -0.4 is 0 Å². The molecule has 0 spiro atoms. The quantitative estimate of drug-likeness (QED) is 0.791. The highest BCUT2D eigenvalue weighted by molar-refractivity contribution is 7.69. The number of hydrogen-bond donors (Lipinski definition) is 1. The summed E-state index contributed by atoms with van der Waals surface area (Å²) in [5, 5.41) is 0.359. The molecule has 2 nitrogen and oxygen atoms in total. The molecule has 0 aliphatic carbocycles. The highest BCUT2D eigenvalue weighted by Crippen LogP contribution is 2.58. The number of hydrogen-bond acceptors (Lipinski definition) is 1. The van der Waals surface area contributed by atoms with Gasteiger partial charge in [0.05, 0.1) is 0 Å². The van der Waals surface area contributed by atoms with Gasteiger partial charge in [-0.3, -0.25) is 4.57 Å². The molecule has 15 heavy (non-hydrogen) atoms. The van der Waals surface area contributed by atoms with Gasteiger partial charge in [0.15, 0.2) is 0 Å². The lowest BCUT2D eigenvalue weighted by atomic mass is 10.2. The highest BCUT2D eigenvalue weighted by atomic mass is 31.2. The summed E-state index contributed by atoms with van der Waals surface area (Å²) in [4.78, 5) is 9.96. The first-order valence-corrected chi connectivity index (χ1v) is 6.80. The SMILES string of the molecule is C=C(c1ccccc1)P(=O)(O)C(C)CC.